The predicted molar refractivity (Wildman–Crippen MR) is 73.5 cm³/mol. The van der Waals surface area contributed by atoms with Gasteiger partial charge in [0, 0.05) is 32.1 Å². The van der Waals surface area contributed by atoms with E-state index in [4.69, 9.17) is 0 Å². The minimum Gasteiger partial charge on any atom is -0.343 e. The molecule has 18 heavy (non-hydrogen) atoms. The number of nitrogens with zero attached hydrogens (tertiary/aromatic N) is 1. The number of carbonyl (C=O) groups is 1. The smallest absolute Gasteiger partial charge is 0.227 e. The Balaban J connectivity index is 2.15. The van der Waals surface area contributed by atoms with Gasteiger partial charge in [-0.15, -0.1) is 0 Å². The van der Waals surface area contributed by atoms with E-state index in [9.17, 15) is 4.79 Å². The van der Waals surface area contributed by atoms with Crippen molar-refractivity contribution in [3.05, 3.63) is 35.9 Å². The summed E-state index contributed by atoms with van der Waals surface area (Å²) >= 11 is 0. The molecular weight excluding hydrogens is 224 g/mol. The van der Waals surface area contributed by atoms with E-state index in [0.717, 1.165) is 26.2 Å². The topological polar surface area (TPSA) is 32.3 Å². The van der Waals surface area contributed by atoms with E-state index < -0.39 is 0 Å². The van der Waals surface area contributed by atoms with Crippen LogP contribution in [0, 0.1) is 5.92 Å². The van der Waals surface area contributed by atoms with Gasteiger partial charge in [0.25, 0.3) is 0 Å². The molecular formula is C15H22N2O. The highest BCUT2D eigenvalue weighted by molar-refractivity contribution is 5.80. The minimum atomic E-state index is 0.0901. The molecule has 2 rings (SSSR count). The lowest BCUT2D eigenvalue weighted by Crippen LogP contribution is -2.38. The van der Waals surface area contributed by atoms with Gasteiger partial charge in [-0.05, 0) is 19.4 Å². The van der Waals surface area contributed by atoms with Crippen molar-refractivity contribution in [2.24, 2.45) is 5.92 Å². The molecule has 3 nitrogen and oxygen atoms in total. The van der Waals surface area contributed by atoms with Gasteiger partial charge in [-0.1, -0.05) is 30.3 Å². The number of carbonyl (C=O) groups excluding carboxylic acids is 1. The minimum absolute atomic E-state index is 0.0901. The lowest BCUT2D eigenvalue weighted by molar-refractivity contribution is -0.134. The summed E-state index contributed by atoms with van der Waals surface area (Å²) in [7, 11) is 0. The first-order valence-electron chi connectivity index (χ1n) is 6.82. The van der Waals surface area contributed by atoms with Crippen molar-refractivity contribution in [1.29, 1.82) is 0 Å². The molecule has 3 heteroatoms. The highest BCUT2D eigenvalue weighted by Crippen LogP contribution is 2.29. The second kappa shape index (κ2) is 6.01. The predicted octanol–water partition coefficient (Wildman–Crippen LogP) is 1.86. The molecule has 1 aromatic rings. The van der Waals surface area contributed by atoms with Gasteiger partial charge in [-0.2, -0.15) is 0 Å². The molecule has 1 aliphatic rings. The van der Waals surface area contributed by atoms with Crippen molar-refractivity contribution in [3.63, 3.8) is 0 Å². The number of amides is 1. The molecule has 2 atom stereocenters. The number of hydrogen-bond acceptors (Lipinski definition) is 2. The molecule has 0 aliphatic carbocycles. The lowest BCUT2D eigenvalue weighted by atomic mass is 9.88. The molecule has 1 heterocycles. The standard InChI is InChI=1S/C15H22N2O/c1-3-17(4-2)15(18)14-11-16-10-13(14)12-8-6-5-7-9-12/h5-9,13-14,16H,3-4,10-11H2,1-2H3. The first-order valence-corrected chi connectivity index (χ1v) is 6.82. The van der Waals surface area contributed by atoms with Gasteiger partial charge in [-0.3, -0.25) is 4.79 Å². The summed E-state index contributed by atoms with van der Waals surface area (Å²) in [5, 5.41) is 3.36. The highest BCUT2D eigenvalue weighted by atomic mass is 16.2. The first-order chi connectivity index (χ1) is 8.77. The monoisotopic (exact) mass is 246 g/mol. The Hall–Kier alpha value is -1.35. The van der Waals surface area contributed by atoms with E-state index in [0.29, 0.717) is 11.8 Å². The Kier molecular flexibility index (Phi) is 4.37. The van der Waals surface area contributed by atoms with E-state index in [1.54, 1.807) is 0 Å². The zero-order valence-electron chi connectivity index (χ0n) is 11.2. The molecule has 1 fully saturated rings. The Labute approximate surface area is 109 Å². The Morgan fingerprint density at radius 3 is 2.50 bits per heavy atom. The number of benzene rings is 1. The van der Waals surface area contributed by atoms with Crippen LogP contribution < -0.4 is 5.32 Å². The Morgan fingerprint density at radius 2 is 1.89 bits per heavy atom. The van der Waals surface area contributed by atoms with Crippen LogP contribution in [0.5, 0.6) is 0 Å². The maximum atomic E-state index is 12.5. The van der Waals surface area contributed by atoms with Crippen LogP contribution >= 0.6 is 0 Å². The summed E-state index contributed by atoms with van der Waals surface area (Å²) in [5.41, 5.74) is 1.27. The molecule has 1 aromatic carbocycles. The van der Waals surface area contributed by atoms with Crippen LogP contribution in [0.4, 0.5) is 0 Å². The van der Waals surface area contributed by atoms with Crippen molar-refractivity contribution >= 4 is 5.91 Å². The number of rotatable bonds is 4. The van der Waals surface area contributed by atoms with Crippen LogP contribution in [0.1, 0.15) is 25.3 Å². The van der Waals surface area contributed by atoms with Crippen LogP contribution in [-0.4, -0.2) is 37.0 Å². The van der Waals surface area contributed by atoms with Gasteiger partial charge in [0.1, 0.15) is 0 Å². The van der Waals surface area contributed by atoms with Gasteiger partial charge in [0.05, 0.1) is 5.92 Å². The summed E-state index contributed by atoms with van der Waals surface area (Å²) in [6, 6.07) is 10.4. The SMILES string of the molecule is CCN(CC)C(=O)C1CNCC1c1ccccc1. The molecule has 98 valence electrons. The average molecular weight is 246 g/mol. The summed E-state index contributed by atoms with van der Waals surface area (Å²) in [5.74, 6) is 0.699. The number of nitrogens with one attached hydrogen (secondary N) is 1. The lowest BCUT2D eigenvalue weighted by Gasteiger charge is -2.26. The highest BCUT2D eigenvalue weighted by Gasteiger charge is 2.35. The van der Waals surface area contributed by atoms with Gasteiger partial charge >= 0.3 is 0 Å². The molecule has 1 aliphatic heterocycles. The third kappa shape index (κ3) is 2.56. The van der Waals surface area contributed by atoms with E-state index in [1.165, 1.54) is 5.56 Å². The van der Waals surface area contributed by atoms with Crippen molar-refractivity contribution < 1.29 is 4.79 Å². The van der Waals surface area contributed by atoms with Crippen molar-refractivity contribution in [2.75, 3.05) is 26.2 Å². The first kappa shape index (κ1) is 13.1. The van der Waals surface area contributed by atoms with Crippen LogP contribution in [0.15, 0.2) is 30.3 Å². The van der Waals surface area contributed by atoms with Gasteiger partial charge < -0.3 is 10.2 Å². The summed E-state index contributed by atoms with van der Waals surface area (Å²) in [4.78, 5) is 14.4. The molecule has 2 unspecified atom stereocenters. The quantitative estimate of drug-likeness (QED) is 0.879. The fraction of sp³-hybridized carbons (Fsp3) is 0.533. The second-order valence-electron chi connectivity index (χ2n) is 4.79. The maximum Gasteiger partial charge on any atom is 0.227 e. The molecule has 1 amide bonds. The molecule has 0 spiro atoms. The fourth-order valence-corrected chi connectivity index (χ4v) is 2.76. The van der Waals surface area contributed by atoms with Gasteiger partial charge in [0.2, 0.25) is 5.91 Å². The van der Waals surface area contributed by atoms with Crippen molar-refractivity contribution in [1.82, 2.24) is 10.2 Å². The molecule has 0 saturated carbocycles. The van der Waals surface area contributed by atoms with Crippen LogP contribution in [0.2, 0.25) is 0 Å². The van der Waals surface area contributed by atoms with E-state index in [2.05, 4.69) is 17.4 Å². The summed E-state index contributed by atoms with van der Waals surface area (Å²) in [6.45, 7) is 7.39. The zero-order valence-corrected chi connectivity index (χ0v) is 11.2. The van der Waals surface area contributed by atoms with Crippen molar-refractivity contribution in [3.8, 4) is 0 Å². The van der Waals surface area contributed by atoms with Crippen LogP contribution in [0.25, 0.3) is 0 Å². The molecule has 0 aromatic heterocycles. The molecule has 0 bridgehead atoms. The van der Waals surface area contributed by atoms with E-state index >= 15 is 0 Å². The van der Waals surface area contributed by atoms with Crippen LogP contribution in [-0.2, 0) is 4.79 Å². The average Bonchev–Trinajstić information content (AvgIpc) is 2.90. The van der Waals surface area contributed by atoms with E-state index in [1.807, 2.05) is 36.9 Å². The number of hydrogen-bond donors (Lipinski definition) is 1. The Morgan fingerprint density at radius 1 is 1.22 bits per heavy atom. The maximum absolute atomic E-state index is 12.5. The van der Waals surface area contributed by atoms with Crippen LogP contribution in [0.3, 0.4) is 0 Å². The summed E-state index contributed by atoms with van der Waals surface area (Å²) in [6.07, 6.45) is 0. The molecule has 1 saturated heterocycles. The largest absolute Gasteiger partial charge is 0.343 e. The normalized spacial score (nSPS) is 23.0. The van der Waals surface area contributed by atoms with Gasteiger partial charge in [0.15, 0.2) is 0 Å². The third-order valence-corrected chi connectivity index (χ3v) is 3.83. The fourth-order valence-electron chi connectivity index (χ4n) is 2.76. The van der Waals surface area contributed by atoms with Gasteiger partial charge in [-0.25, -0.2) is 0 Å². The Bertz CT molecular complexity index is 387. The molecule has 1 N–H and O–H groups in total. The van der Waals surface area contributed by atoms with Crippen molar-refractivity contribution in [2.45, 2.75) is 19.8 Å². The third-order valence-electron chi connectivity index (χ3n) is 3.83. The summed E-state index contributed by atoms with van der Waals surface area (Å²) < 4.78 is 0. The molecule has 0 radical (unpaired) electrons. The zero-order chi connectivity index (χ0) is 13.0. The van der Waals surface area contributed by atoms with E-state index in [-0.39, 0.29) is 5.92 Å². The second-order valence-corrected chi connectivity index (χ2v) is 4.79.